The third-order valence-electron chi connectivity index (χ3n) is 6.92. The Morgan fingerprint density at radius 2 is 1.85 bits per heavy atom. The molecular formula is C24H31N7O2. The summed E-state index contributed by atoms with van der Waals surface area (Å²) in [6, 6.07) is 8.85. The Morgan fingerprint density at radius 3 is 2.48 bits per heavy atom. The summed E-state index contributed by atoms with van der Waals surface area (Å²) in [5, 5.41) is 7.63. The van der Waals surface area contributed by atoms with E-state index < -0.39 is 0 Å². The van der Waals surface area contributed by atoms with E-state index in [0.717, 1.165) is 35.4 Å². The van der Waals surface area contributed by atoms with Crippen LogP contribution in [-0.4, -0.2) is 88.5 Å². The molecule has 2 fully saturated rings. The maximum Gasteiger partial charge on any atom is 0.409 e. The van der Waals surface area contributed by atoms with Gasteiger partial charge in [-0.1, -0.05) is 24.3 Å². The quantitative estimate of drug-likeness (QED) is 0.657. The number of carbonyl (C=O) groups excluding carboxylic acids is 1. The molecule has 4 heterocycles. The lowest BCUT2D eigenvalue weighted by molar-refractivity contribution is 0.109. The van der Waals surface area contributed by atoms with Crippen LogP contribution in [0.2, 0.25) is 0 Å². The van der Waals surface area contributed by atoms with Crippen molar-refractivity contribution >= 4 is 23.1 Å². The van der Waals surface area contributed by atoms with Gasteiger partial charge in [0.1, 0.15) is 16.7 Å². The number of benzene rings is 1. The standard InChI is InChI=1S/C24H31N7O2/c1-15-12-30(24(32)33-4)13-16(2)31(15)23-25-11-20-22(26-23)21(28-27-20)18-7-5-17(6-8-18)19-9-10-29(3)14-19/h5-8,11,15-16,19H,9-10,12-14H2,1-4H3,(H,27,28)/t15-,16+,19?. The Bertz CT molecular complexity index is 1130. The molecule has 3 aromatic rings. The molecule has 0 radical (unpaired) electrons. The average molecular weight is 450 g/mol. The summed E-state index contributed by atoms with van der Waals surface area (Å²) in [6.07, 6.45) is 2.70. The Balaban J connectivity index is 1.42. The molecule has 2 aliphatic heterocycles. The molecule has 9 nitrogen and oxygen atoms in total. The number of rotatable bonds is 3. The molecule has 33 heavy (non-hydrogen) atoms. The molecule has 9 heteroatoms. The minimum atomic E-state index is -0.297. The number of amides is 1. The van der Waals surface area contributed by atoms with Crippen LogP contribution >= 0.6 is 0 Å². The van der Waals surface area contributed by atoms with Gasteiger partial charge in [-0.3, -0.25) is 5.10 Å². The second-order valence-electron chi connectivity index (χ2n) is 9.35. The van der Waals surface area contributed by atoms with Crippen LogP contribution in [0.25, 0.3) is 22.3 Å². The van der Waals surface area contributed by atoms with Crippen LogP contribution in [0.4, 0.5) is 10.7 Å². The van der Waals surface area contributed by atoms with Crippen molar-refractivity contribution in [3.63, 3.8) is 0 Å². The Morgan fingerprint density at radius 1 is 1.12 bits per heavy atom. The van der Waals surface area contributed by atoms with Gasteiger partial charge in [-0.2, -0.15) is 5.10 Å². The third-order valence-corrected chi connectivity index (χ3v) is 6.92. The monoisotopic (exact) mass is 449 g/mol. The van der Waals surface area contributed by atoms with E-state index >= 15 is 0 Å². The van der Waals surface area contributed by atoms with E-state index in [1.807, 2.05) is 0 Å². The number of nitrogens with zero attached hydrogens (tertiary/aromatic N) is 6. The first-order chi connectivity index (χ1) is 15.9. The molecule has 0 bridgehead atoms. The van der Waals surface area contributed by atoms with Gasteiger partial charge >= 0.3 is 6.09 Å². The molecule has 2 aliphatic rings. The molecule has 2 saturated heterocycles. The highest BCUT2D eigenvalue weighted by Gasteiger charge is 2.34. The van der Waals surface area contributed by atoms with E-state index in [1.54, 1.807) is 11.1 Å². The predicted octanol–water partition coefficient (Wildman–Crippen LogP) is 3.10. The zero-order chi connectivity index (χ0) is 23.1. The number of aromatic amines is 1. The van der Waals surface area contributed by atoms with Crippen LogP contribution in [0, 0.1) is 0 Å². The van der Waals surface area contributed by atoms with Gasteiger partial charge < -0.3 is 19.4 Å². The van der Waals surface area contributed by atoms with Crippen molar-refractivity contribution < 1.29 is 9.53 Å². The second kappa shape index (κ2) is 8.62. The molecular weight excluding hydrogens is 418 g/mol. The molecule has 1 unspecified atom stereocenters. The number of H-pyrrole nitrogens is 1. The summed E-state index contributed by atoms with van der Waals surface area (Å²) < 4.78 is 4.91. The van der Waals surface area contributed by atoms with Crippen molar-refractivity contribution in [2.24, 2.45) is 0 Å². The smallest absolute Gasteiger partial charge is 0.409 e. The molecule has 0 aliphatic carbocycles. The maximum atomic E-state index is 12.0. The summed E-state index contributed by atoms with van der Waals surface area (Å²) in [5.41, 5.74) is 4.87. The number of carbonyl (C=O) groups is 1. The molecule has 174 valence electrons. The fourth-order valence-electron chi connectivity index (χ4n) is 5.25. The molecule has 1 amide bonds. The van der Waals surface area contributed by atoms with Crippen LogP contribution < -0.4 is 4.90 Å². The van der Waals surface area contributed by atoms with Crippen molar-refractivity contribution in [1.29, 1.82) is 0 Å². The Hall–Kier alpha value is -3.20. The molecule has 0 spiro atoms. The number of hydrogen-bond donors (Lipinski definition) is 1. The molecule has 1 N–H and O–H groups in total. The molecule has 1 aromatic carbocycles. The number of fused-ring (bicyclic) bond motifs is 1. The number of anilines is 1. The van der Waals surface area contributed by atoms with Gasteiger partial charge in [0.2, 0.25) is 5.95 Å². The van der Waals surface area contributed by atoms with Crippen LogP contribution in [0.5, 0.6) is 0 Å². The first-order valence-corrected chi connectivity index (χ1v) is 11.6. The van der Waals surface area contributed by atoms with Gasteiger partial charge in [0.05, 0.1) is 13.3 Å². The fourth-order valence-corrected chi connectivity index (χ4v) is 5.25. The van der Waals surface area contributed by atoms with E-state index in [9.17, 15) is 4.79 Å². The van der Waals surface area contributed by atoms with Gasteiger partial charge in [-0.25, -0.2) is 14.8 Å². The van der Waals surface area contributed by atoms with Crippen LogP contribution in [-0.2, 0) is 4.74 Å². The van der Waals surface area contributed by atoms with E-state index in [0.29, 0.717) is 25.0 Å². The minimum Gasteiger partial charge on any atom is -0.453 e. The number of piperazine rings is 1. The summed E-state index contributed by atoms with van der Waals surface area (Å²) >= 11 is 0. The van der Waals surface area contributed by atoms with Gasteiger partial charge in [-0.15, -0.1) is 0 Å². The van der Waals surface area contributed by atoms with Crippen molar-refractivity contribution in [3.05, 3.63) is 36.0 Å². The number of aromatic nitrogens is 4. The topological polar surface area (TPSA) is 90.5 Å². The zero-order valence-electron chi connectivity index (χ0n) is 19.7. The van der Waals surface area contributed by atoms with E-state index in [4.69, 9.17) is 9.72 Å². The Labute approximate surface area is 193 Å². The van der Waals surface area contributed by atoms with E-state index in [1.165, 1.54) is 19.1 Å². The van der Waals surface area contributed by atoms with Gasteiger partial charge in [0.15, 0.2) is 0 Å². The highest BCUT2D eigenvalue weighted by atomic mass is 16.5. The molecule has 5 rings (SSSR count). The molecule has 0 saturated carbocycles. The van der Waals surface area contributed by atoms with Gasteiger partial charge in [-0.05, 0) is 45.3 Å². The summed E-state index contributed by atoms with van der Waals surface area (Å²) in [5.74, 6) is 1.25. The molecule has 3 atom stereocenters. The third kappa shape index (κ3) is 4.01. The highest BCUT2D eigenvalue weighted by Crippen LogP contribution is 2.31. The Kier molecular flexibility index (Phi) is 5.65. The van der Waals surface area contributed by atoms with Crippen molar-refractivity contribution in [2.75, 3.05) is 45.2 Å². The summed E-state index contributed by atoms with van der Waals surface area (Å²) in [7, 11) is 3.60. The number of likely N-dealkylation sites (tertiary alicyclic amines) is 1. The van der Waals surface area contributed by atoms with Crippen molar-refractivity contribution in [3.8, 4) is 11.3 Å². The zero-order valence-corrected chi connectivity index (χ0v) is 19.7. The highest BCUT2D eigenvalue weighted by molar-refractivity contribution is 5.89. The van der Waals surface area contributed by atoms with Crippen molar-refractivity contribution in [2.45, 2.75) is 38.3 Å². The summed E-state index contributed by atoms with van der Waals surface area (Å²) in [6.45, 7) is 7.55. The lowest BCUT2D eigenvalue weighted by Crippen LogP contribution is -2.58. The number of ether oxygens (including phenoxy) is 1. The lowest BCUT2D eigenvalue weighted by Gasteiger charge is -2.43. The number of nitrogens with one attached hydrogen (secondary N) is 1. The number of likely N-dealkylation sites (N-methyl/N-ethyl adjacent to an activating group) is 1. The molecule has 2 aromatic heterocycles. The first kappa shape index (κ1) is 21.6. The van der Waals surface area contributed by atoms with Gasteiger partial charge in [0, 0.05) is 37.3 Å². The van der Waals surface area contributed by atoms with Crippen LogP contribution in [0.1, 0.15) is 31.7 Å². The van der Waals surface area contributed by atoms with E-state index in [-0.39, 0.29) is 18.2 Å². The predicted molar refractivity (Wildman–Crippen MR) is 127 cm³/mol. The van der Waals surface area contributed by atoms with Crippen LogP contribution in [0.15, 0.2) is 30.5 Å². The fraction of sp³-hybridized carbons (Fsp3) is 0.500. The minimum absolute atomic E-state index is 0.0597. The SMILES string of the molecule is COC(=O)N1C[C@@H](C)N(c2ncc3[nH]nc(-c4ccc(C5CCN(C)C5)cc4)c3n2)[C@@H](C)C1. The maximum absolute atomic E-state index is 12.0. The van der Waals surface area contributed by atoms with Crippen LogP contribution in [0.3, 0.4) is 0 Å². The van der Waals surface area contributed by atoms with E-state index in [2.05, 4.69) is 70.1 Å². The normalized spacial score (nSPS) is 23.9. The number of methoxy groups -OCH3 is 1. The largest absolute Gasteiger partial charge is 0.453 e. The first-order valence-electron chi connectivity index (χ1n) is 11.6. The number of hydrogen-bond acceptors (Lipinski definition) is 7. The lowest BCUT2D eigenvalue weighted by atomic mass is 9.96. The van der Waals surface area contributed by atoms with Crippen molar-refractivity contribution in [1.82, 2.24) is 30.0 Å². The summed E-state index contributed by atoms with van der Waals surface area (Å²) in [4.78, 5) is 27.8. The second-order valence-corrected chi connectivity index (χ2v) is 9.35. The van der Waals surface area contributed by atoms with Gasteiger partial charge in [0.25, 0.3) is 0 Å². The average Bonchev–Trinajstić information content (AvgIpc) is 3.44.